The first-order valence-electron chi connectivity index (χ1n) is 8.45. The SMILES string of the molecule is CCOC(=O)NC1CCCN(C(=O)CS(=O)(=O)Cc2cccc(Br)c2)C1. The van der Waals surface area contributed by atoms with Crippen LogP contribution in [0.1, 0.15) is 25.3 Å². The van der Waals surface area contributed by atoms with E-state index in [2.05, 4.69) is 21.2 Å². The molecule has 1 aliphatic heterocycles. The Hall–Kier alpha value is -1.61. The Balaban J connectivity index is 1.92. The molecule has 0 aliphatic carbocycles. The largest absolute Gasteiger partial charge is 0.450 e. The van der Waals surface area contributed by atoms with Gasteiger partial charge in [0.05, 0.1) is 12.4 Å². The second kappa shape index (κ2) is 9.36. The summed E-state index contributed by atoms with van der Waals surface area (Å²) in [6.07, 6.45) is 0.913. The molecule has 144 valence electrons. The molecule has 0 aromatic heterocycles. The number of hydrogen-bond acceptors (Lipinski definition) is 5. The molecule has 1 aliphatic rings. The smallest absolute Gasteiger partial charge is 0.407 e. The zero-order valence-corrected chi connectivity index (χ0v) is 17.0. The molecule has 0 bridgehead atoms. The summed E-state index contributed by atoms with van der Waals surface area (Å²) in [5.41, 5.74) is 0.632. The Bertz CT molecular complexity index is 753. The zero-order valence-electron chi connectivity index (χ0n) is 14.6. The van der Waals surface area contributed by atoms with Gasteiger partial charge >= 0.3 is 6.09 Å². The van der Waals surface area contributed by atoms with E-state index in [9.17, 15) is 18.0 Å². The van der Waals surface area contributed by atoms with Crippen LogP contribution in [0.15, 0.2) is 28.7 Å². The normalized spacial score (nSPS) is 17.6. The molecule has 1 unspecified atom stereocenters. The number of benzene rings is 1. The molecule has 9 heteroatoms. The Labute approximate surface area is 162 Å². The summed E-state index contributed by atoms with van der Waals surface area (Å²) in [5.74, 6) is -1.15. The maximum Gasteiger partial charge on any atom is 0.407 e. The first-order chi connectivity index (χ1) is 12.3. The van der Waals surface area contributed by atoms with Gasteiger partial charge in [0.15, 0.2) is 9.84 Å². The molecule has 0 spiro atoms. The van der Waals surface area contributed by atoms with Gasteiger partial charge in [0, 0.05) is 23.6 Å². The van der Waals surface area contributed by atoms with Gasteiger partial charge in [0.2, 0.25) is 5.91 Å². The van der Waals surface area contributed by atoms with Crippen molar-refractivity contribution in [1.82, 2.24) is 10.2 Å². The molecule has 1 fully saturated rings. The average molecular weight is 447 g/mol. The van der Waals surface area contributed by atoms with E-state index in [1.165, 1.54) is 4.90 Å². The summed E-state index contributed by atoms with van der Waals surface area (Å²) in [4.78, 5) is 25.4. The predicted octanol–water partition coefficient (Wildman–Crippen LogP) is 2.10. The highest BCUT2D eigenvalue weighted by Gasteiger charge is 2.28. The number of amides is 2. The highest BCUT2D eigenvalue weighted by Crippen LogP contribution is 2.16. The summed E-state index contributed by atoms with van der Waals surface area (Å²) >= 11 is 3.31. The van der Waals surface area contributed by atoms with Crippen molar-refractivity contribution in [3.63, 3.8) is 0 Å². The van der Waals surface area contributed by atoms with Crippen LogP contribution >= 0.6 is 15.9 Å². The maximum absolute atomic E-state index is 12.4. The number of hydrogen-bond donors (Lipinski definition) is 1. The van der Waals surface area contributed by atoms with Crippen LogP contribution in [0, 0.1) is 0 Å². The summed E-state index contributed by atoms with van der Waals surface area (Å²) < 4.78 is 30.3. The number of nitrogens with one attached hydrogen (secondary N) is 1. The van der Waals surface area contributed by atoms with E-state index in [1.54, 1.807) is 25.1 Å². The van der Waals surface area contributed by atoms with Gasteiger partial charge in [-0.25, -0.2) is 13.2 Å². The number of rotatable bonds is 6. The highest BCUT2D eigenvalue weighted by atomic mass is 79.9. The van der Waals surface area contributed by atoms with E-state index in [1.807, 2.05) is 6.07 Å². The third-order valence-electron chi connectivity index (χ3n) is 3.99. The van der Waals surface area contributed by atoms with Crippen molar-refractivity contribution in [3.8, 4) is 0 Å². The molecule has 2 amide bonds. The van der Waals surface area contributed by atoms with Crippen LogP contribution in [-0.4, -0.2) is 56.8 Å². The number of carbonyl (C=O) groups is 2. The summed E-state index contributed by atoms with van der Waals surface area (Å²) in [7, 11) is -3.57. The molecule has 0 saturated carbocycles. The minimum absolute atomic E-state index is 0.184. The average Bonchev–Trinajstić information content (AvgIpc) is 2.54. The zero-order chi connectivity index (χ0) is 19.2. The van der Waals surface area contributed by atoms with E-state index >= 15 is 0 Å². The number of piperidine rings is 1. The third kappa shape index (κ3) is 6.60. The quantitative estimate of drug-likeness (QED) is 0.721. The van der Waals surface area contributed by atoms with Crippen LogP contribution in [0.4, 0.5) is 4.79 Å². The highest BCUT2D eigenvalue weighted by molar-refractivity contribution is 9.10. The lowest BCUT2D eigenvalue weighted by Gasteiger charge is -2.32. The minimum atomic E-state index is -3.57. The first kappa shape index (κ1) is 20.7. The Morgan fingerprint density at radius 3 is 2.85 bits per heavy atom. The number of alkyl carbamates (subject to hydrolysis) is 1. The standard InChI is InChI=1S/C17H23BrN2O5S/c1-2-25-17(22)19-15-7-4-8-20(10-15)16(21)12-26(23,24)11-13-5-3-6-14(18)9-13/h3,5-6,9,15H,2,4,7-8,10-12H2,1H3,(H,19,22). The molecule has 1 aromatic carbocycles. The van der Waals surface area contributed by atoms with Crippen molar-refractivity contribution < 1.29 is 22.7 Å². The van der Waals surface area contributed by atoms with Gasteiger partial charge in [-0.05, 0) is 37.5 Å². The molecule has 1 aromatic rings. The second-order valence-corrected chi connectivity index (χ2v) is 9.19. The van der Waals surface area contributed by atoms with E-state index in [4.69, 9.17) is 4.74 Å². The second-order valence-electron chi connectivity index (χ2n) is 6.21. The van der Waals surface area contributed by atoms with Crippen molar-refractivity contribution in [1.29, 1.82) is 0 Å². The molecular formula is C17H23BrN2O5S. The van der Waals surface area contributed by atoms with Crippen molar-refractivity contribution in [3.05, 3.63) is 34.3 Å². The fourth-order valence-corrected chi connectivity index (χ4v) is 4.67. The fourth-order valence-electron chi connectivity index (χ4n) is 2.87. The lowest BCUT2D eigenvalue weighted by Crippen LogP contribution is -2.50. The van der Waals surface area contributed by atoms with Gasteiger partial charge in [0.1, 0.15) is 5.75 Å². The first-order valence-corrected chi connectivity index (χ1v) is 11.1. The van der Waals surface area contributed by atoms with Crippen LogP contribution in [0.3, 0.4) is 0 Å². The van der Waals surface area contributed by atoms with Crippen molar-refractivity contribution in [2.24, 2.45) is 0 Å². The molecule has 1 atom stereocenters. The summed E-state index contributed by atoms with van der Waals surface area (Å²) in [6, 6.07) is 6.79. The van der Waals surface area contributed by atoms with Gasteiger partial charge in [-0.15, -0.1) is 0 Å². The van der Waals surface area contributed by atoms with Crippen LogP contribution in [0.2, 0.25) is 0 Å². The Morgan fingerprint density at radius 1 is 1.38 bits per heavy atom. The van der Waals surface area contributed by atoms with Gasteiger partial charge in [-0.2, -0.15) is 0 Å². The molecule has 1 N–H and O–H groups in total. The van der Waals surface area contributed by atoms with Gasteiger partial charge in [-0.1, -0.05) is 28.1 Å². The molecule has 1 heterocycles. The maximum atomic E-state index is 12.4. The van der Waals surface area contributed by atoms with Crippen molar-refractivity contribution in [2.75, 3.05) is 25.4 Å². The number of likely N-dealkylation sites (tertiary alicyclic amines) is 1. The van der Waals surface area contributed by atoms with Crippen LogP contribution in [-0.2, 0) is 25.1 Å². The summed E-state index contributed by atoms with van der Waals surface area (Å²) in [6.45, 7) is 2.78. The third-order valence-corrected chi connectivity index (χ3v) is 5.94. The van der Waals surface area contributed by atoms with Crippen LogP contribution in [0.25, 0.3) is 0 Å². The number of nitrogens with zero attached hydrogens (tertiary/aromatic N) is 1. The molecular weight excluding hydrogens is 424 g/mol. The van der Waals surface area contributed by atoms with Gasteiger partial charge in [0.25, 0.3) is 0 Å². The number of halogens is 1. The van der Waals surface area contributed by atoms with E-state index in [0.29, 0.717) is 25.1 Å². The minimum Gasteiger partial charge on any atom is -0.450 e. The molecule has 1 saturated heterocycles. The van der Waals surface area contributed by atoms with E-state index in [-0.39, 0.29) is 18.4 Å². The van der Waals surface area contributed by atoms with Crippen molar-refractivity contribution in [2.45, 2.75) is 31.6 Å². The van der Waals surface area contributed by atoms with E-state index in [0.717, 1.165) is 10.9 Å². The molecule has 2 rings (SSSR count). The number of ether oxygens (including phenoxy) is 1. The molecule has 7 nitrogen and oxygen atoms in total. The molecule has 26 heavy (non-hydrogen) atoms. The van der Waals surface area contributed by atoms with Crippen LogP contribution in [0.5, 0.6) is 0 Å². The van der Waals surface area contributed by atoms with Crippen molar-refractivity contribution >= 4 is 37.8 Å². The lowest BCUT2D eigenvalue weighted by atomic mass is 10.1. The predicted molar refractivity (Wildman–Crippen MR) is 101 cm³/mol. The Morgan fingerprint density at radius 2 is 2.15 bits per heavy atom. The van der Waals surface area contributed by atoms with E-state index < -0.39 is 27.6 Å². The summed E-state index contributed by atoms with van der Waals surface area (Å²) in [5, 5.41) is 2.70. The van der Waals surface area contributed by atoms with Crippen LogP contribution < -0.4 is 5.32 Å². The lowest BCUT2D eigenvalue weighted by molar-refractivity contribution is -0.129. The number of sulfone groups is 1. The Kier molecular flexibility index (Phi) is 7.45. The molecule has 0 radical (unpaired) electrons. The van der Waals surface area contributed by atoms with Gasteiger partial charge in [-0.3, -0.25) is 4.79 Å². The van der Waals surface area contributed by atoms with Gasteiger partial charge < -0.3 is 15.0 Å². The monoisotopic (exact) mass is 446 g/mol. The topological polar surface area (TPSA) is 92.8 Å². The number of carbonyl (C=O) groups excluding carboxylic acids is 2. The fraction of sp³-hybridized carbons (Fsp3) is 0.529.